The summed E-state index contributed by atoms with van der Waals surface area (Å²) in [6, 6.07) is 5.43. The molecule has 2 aromatic heterocycles. The largest absolute Gasteiger partial charge is 0.461 e. The van der Waals surface area contributed by atoms with Crippen molar-refractivity contribution in [2.75, 3.05) is 26.3 Å². The van der Waals surface area contributed by atoms with E-state index < -0.39 is 5.41 Å². The molecule has 3 heterocycles. The second-order valence-corrected chi connectivity index (χ2v) is 5.54. The van der Waals surface area contributed by atoms with Crippen molar-refractivity contribution in [2.24, 2.45) is 0 Å². The Labute approximate surface area is 121 Å². The first-order valence-electron chi connectivity index (χ1n) is 7.18. The lowest BCUT2D eigenvalue weighted by molar-refractivity contribution is -0.138. The number of aromatic nitrogens is 1. The number of hydrogen-bond acceptors (Lipinski definition) is 5. The van der Waals surface area contributed by atoms with Gasteiger partial charge in [0.2, 0.25) is 11.7 Å². The molecule has 0 unspecified atom stereocenters. The minimum absolute atomic E-state index is 0.144. The third-order valence-electron chi connectivity index (χ3n) is 4.22. The maximum Gasteiger partial charge on any atom is 0.235 e. The Morgan fingerprint density at radius 1 is 1.24 bits per heavy atom. The lowest BCUT2D eigenvalue weighted by Crippen LogP contribution is -2.45. The summed E-state index contributed by atoms with van der Waals surface area (Å²) in [5.74, 6) is 1.34. The maximum atomic E-state index is 12.7. The van der Waals surface area contributed by atoms with Crippen LogP contribution >= 0.6 is 0 Å². The highest BCUT2D eigenvalue weighted by molar-refractivity contribution is 5.91. The second-order valence-electron chi connectivity index (χ2n) is 5.54. The van der Waals surface area contributed by atoms with E-state index in [9.17, 15) is 4.79 Å². The Hall–Kier alpha value is -2.08. The van der Waals surface area contributed by atoms with Crippen molar-refractivity contribution in [1.82, 2.24) is 10.1 Å². The molecule has 6 nitrogen and oxygen atoms in total. The van der Waals surface area contributed by atoms with Crippen molar-refractivity contribution in [2.45, 2.75) is 18.3 Å². The number of carbonyl (C=O) groups is 1. The number of carbonyl (C=O) groups excluding carboxylic acids is 1. The molecule has 0 aromatic carbocycles. The number of morpholine rings is 1. The lowest BCUT2D eigenvalue weighted by atomic mass is 10.00. The Morgan fingerprint density at radius 2 is 2.05 bits per heavy atom. The van der Waals surface area contributed by atoms with Crippen molar-refractivity contribution in [3.63, 3.8) is 0 Å². The smallest absolute Gasteiger partial charge is 0.235 e. The first-order chi connectivity index (χ1) is 10.3. The molecule has 0 radical (unpaired) electrons. The highest BCUT2D eigenvalue weighted by atomic mass is 16.5. The quantitative estimate of drug-likeness (QED) is 0.861. The number of furan rings is 1. The van der Waals surface area contributed by atoms with Crippen LogP contribution in [0.1, 0.15) is 18.5 Å². The SMILES string of the molecule is O=C(N1CCOCC1)C1(c2cc(-c3ccco3)on2)CC1. The molecule has 0 spiro atoms. The first-order valence-corrected chi connectivity index (χ1v) is 7.18. The molecule has 6 heteroatoms. The zero-order valence-electron chi connectivity index (χ0n) is 11.6. The minimum Gasteiger partial charge on any atom is -0.461 e. The van der Waals surface area contributed by atoms with Gasteiger partial charge in [-0.05, 0) is 25.0 Å². The van der Waals surface area contributed by atoms with Gasteiger partial charge in [-0.1, -0.05) is 5.16 Å². The van der Waals surface area contributed by atoms with E-state index in [0.717, 1.165) is 12.8 Å². The highest BCUT2D eigenvalue weighted by Gasteiger charge is 2.55. The summed E-state index contributed by atoms with van der Waals surface area (Å²) >= 11 is 0. The fourth-order valence-corrected chi connectivity index (χ4v) is 2.81. The molecule has 1 amide bonds. The van der Waals surface area contributed by atoms with Crippen LogP contribution in [-0.4, -0.2) is 42.3 Å². The van der Waals surface area contributed by atoms with Gasteiger partial charge in [0, 0.05) is 19.2 Å². The summed E-state index contributed by atoms with van der Waals surface area (Å²) in [6.07, 6.45) is 3.24. The summed E-state index contributed by atoms with van der Waals surface area (Å²) in [5, 5.41) is 4.11. The van der Waals surface area contributed by atoms with Crippen LogP contribution in [0.2, 0.25) is 0 Å². The standard InChI is InChI=1S/C15H16N2O4/c18-14(17-5-8-19-9-6-17)15(3-4-15)13-10-12(21-16-13)11-2-1-7-20-11/h1-2,7,10H,3-6,8-9H2. The Balaban J connectivity index is 1.59. The summed E-state index contributed by atoms with van der Waals surface area (Å²) in [4.78, 5) is 14.6. The Morgan fingerprint density at radius 3 is 2.71 bits per heavy atom. The van der Waals surface area contributed by atoms with Crippen molar-refractivity contribution < 1.29 is 18.5 Å². The zero-order chi connectivity index (χ0) is 14.3. The molecule has 0 bridgehead atoms. The summed E-state index contributed by atoms with van der Waals surface area (Å²) < 4.78 is 15.9. The molecule has 1 aliphatic carbocycles. The molecular weight excluding hydrogens is 272 g/mol. The molecule has 0 atom stereocenters. The number of nitrogens with zero attached hydrogens (tertiary/aromatic N) is 2. The predicted molar refractivity (Wildman–Crippen MR) is 72.5 cm³/mol. The predicted octanol–water partition coefficient (Wildman–Crippen LogP) is 1.82. The van der Waals surface area contributed by atoms with Crippen LogP contribution < -0.4 is 0 Å². The average Bonchev–Trinajstić information content (AvgIpc) is 2.95. The highest BCUT2D eigenvalue weighted by Crippen LogP contribution is 2.49. The van der Waals surface area contributed by atoms with E-state index in [1.807, 2.05) is 17.0 Å². The van der Waals surface area contributed by atoms with Gasteiger partial charge in [0.15, 0.2) is 5.76 Å². The Kier molecular flexibility index (Phi) is 2.85. The molecule has 21 heavy (non-hydrogen) atoms. The maximum absolute atomic E-state index is 12.7. The van der Waals surface area contributed by atoms with Gasteiger partial charge in [-0.25, -0.2) is 0 Å². The number of ether oxygens (including phenoxy) is 1. The van der Waals surface area contributed by atoms with Crippen LogP contribution in [0.25, 0.3) is 11.5 Å². The van der Waals surface area contributed by atoms with Crippen molar-refractivity contribution in [1.29, 1.82) is 0 Å². The third-order valence-corrected chi connectivity index (χ3v) is 4.22. The molecule has 1 saturated heterocycles. The van der Waals surface area contributed by atoms with Gasteiger partial charge < -0.3 is 18.6 Å². The monoisotopic (exact) mass is 288 g/mol. The van der Waals surface area contributed by atoms with Gasteiger partial charge in [0.05, 0.1) is 30.6 Å². The van der Waals surface area contributed by atoms with Crippen LogP contribution in [0.4, 0.5) is 0 Å². The van der Waals surface area contributed by atoms with E-state index in [4.69, 9.17) is 13.7 Å². The van der Waals surface area contributed by atoms with Gasteiger partial charge >= 0.3 is 0 Å². The van der Waals surface area contributed by atoms with Gasteiger partial charge in [-0.3, -0.25) is 4.79 Å². The van der Waals surface area contributed by atoms with Gasteiger partial charge in [0.1, 0.15) is 0 Å². The molecule has 1 saturated carbocycles. The van der Waals surface area contributed by atoms with Gasteiger partial charge in [-0.2, -0.15) is 0 Å². The van der Waals surface area contributed by atoms with Crippen LogP contribution in [0, 0.1) is 0 Å². The first kappa shape index (κ1) is 12.6. The van der Waals surface area contributed by atoms with Crippen LogP contribution in [0.3, 0.4) is 0 Å². The molecular formula is C15H16N2O4. The lowest BCUT2D eigenvalue weighted by Gasteiger charge is -2.29. The molecule has 2 fully saturated rings. The summed E-state index contributed by atoms with van der Waals surface area (Å²) in [5.41, 5.74) is 0.219. The fraction of sp³-hybridized carbons (Fsp3) is 0.467. The van der Waals surface area contributed by atoms with Crippen LogP contribution in [-0.2, 0) is 14.9 Å². The molecule has 2 aliphatic rings. The van der Waals surface area contributed by atoms with E-state index >= 15 is 0 Å². The average molecular weight is 288 g/mol. The fourth-order valence-electron chi connectivity index (χ4n) is 2.81. The van der Waals surface area contributed by atoms with E-state index in [0.29, 0.717) is 43.5 Å². The van der Waals surface area contributed by atoms with Crippen LogP contribution in [0.5, 0.6) is 0 Å². The van der Waals surface area contributed by atoms with E-state index in [1.54, 1.807) is 12.3 Å². The van der Waals surface area contributed by atoms with Crippen LogP contribution in [0.15, 0.2) is 33.4 Å². The zero-order valence-corrected chi connectivity index (χ0v) is 11.6. The molecule has 2 aromatic rings. The third kappa shape index (κ3) is 2.06. The van der Waals surface area contributed by atoms with Gasteiger partial charge in [-0.15, -0.1) is 0 Å². The number of rotatable bonds is 3. The van der Waals surface area contributed by atoms with E-state index in [1.165, 1.54) is 0 Å². The number of amides is 1. The molecule has 110 valence electrons. The molecule has 1 aliphatic heterocycles. The van der Waals surface area contributed by atoms with Crippen molar-refractivity contribution >= 4 is 5.91 Å². The van der Waals surface area contributed by atoms with Crippen molar-refractivity contribution in [3.8, 4) is 11.5 Å². The summed E-state index contributed by atoms with van der Waals surface area (Å²) in [6.45, 7) is 2.53. The second kappa shape index (κ2) is 4.73. The number of hydrogen-bond donors (Lipinski definition) is 0. The minimum atomic E-state index is -0.494. The van der Waals surface area contributed by atoms with E-state index in [-0.39, 0.29) is 5.91 Å². The van der Waals surface area contributed by atoms with E-state index in [2.05, 4.69) is 5.16 Å². The topological polar surface area (TPSA) is 68.7 Å². The summed E-state index contributed by atoms with van der Waals surface area (Å²) in [7, 11) is 0. The molecule has 0 N–H and O–H groups in total. The Bertz CT molecular complexity index is 636. The van der Waals surface area contributed by atoms with Gasteiger partial charge in [0.25, 0.3) is 0 Å². The van der Waals surface area contributed by atoms with Crippen molar-refractivity contribution in [3.05, 3.63) is 30.2 Å². The normalized spacial score (nSPS) is 20.5. The molecule has 4 rings (SSSR count).